The molecule has 8 heteroatoms. The highest BCUT2D eigenvalue weighted by molar-refractivity contribution is 6.05. The maximum absolute atomic E-state index is 12.2. The minimum atomic E-state index is -0.222. The molecule has 24 heavy (non-hydrogen) atoms. The molecule has 7 nitrogen and oxygen atoms in total. The first-order chi connectivity index (χ1) is 11.0. The summed E-state index contributed by atoms with van der Waals surface area (Å²) < 4.78 is 4.93. The van der Waals surface area contributed by atoms with Gasteiger partial charge in [0.15, 0.2) is 0 Å². The Hall–Kier alpha value is -1.83. The van der Waals surface area contributed by atoms with E-state index in [9.17, 15) is 9.59 Å². The third-order valence-corrected chi connectivity index (χ3v) is 3.93. The van der Waals surface area contributed by atoms with Crippen LogP contribution in [0.4, 0.5) is 11.4 Å². The van der Waals surface area contributed by atoms with Crippen molar-refractivity contribution in [2.24, 2.45) is 0 Å². The number of likely N-dealkylation sites (N-methyl/N-ethyl adjacent to an activating group) is 1. The second-order valence-electron chi connectivity index (χ2n) is 5.51. The van der Waals surface area contributed by atoms with E-state index in [-0.39, 0.29) is 30.3 Å². The van der Waals surface area contributed by atoms with Gasteiger partial charge in [-0.15, -0.1) is 12.4 Å². The molecule has 0 aliphatic carbocycles. The van der Waals surface area contributed by atoms with E-state index in [4.69, 9.17) is 4.74 Å². The molecule has 2 amide bonds. The number of ether oxygens (including phenoxy) is 1. The fraction of sp³-hybridized carbons (Fsp3) is 0.500. The molecular formula is C16H25ClN4O3. The zero-order valence-corrected chi connectivity index (χ0v) is 15.0. The first-order valence-electron chi connectivity index (χ1n) is 7.70. The zero-order chi connectivity index (χ0) is 16.8. The van der Waals surface area contributed by atoms with Crippen LogP contribution < -0.4 is 20.9 Å². The fourth-order valence-corrected chi connectivity index (χ4v) is 2.37. The molecule has 2 rings (SSSR count). The molecule has 1 heterocycles. The number of nitrogens with zero attached hydrogens (tertiary/aromatic N) is 1. The molecule has 1 unspecified atom stereocenters. The van der Waals surface area contributed by atoms with Crippen LogP contribution in [0.15, 0.2) is 18.2 Å². The van der Waals surface area contributed by atoms with Crippen LogP contribution in [-0.2, 0) is 9.53 Å². The van der Waals surface area contributed by atoms with Crippen molar-refractivity contribution in [3.63, 3.8) is 0 Å². The van der Waals surface area contributed by atoms with Crippen molar-refractivity contribution in [2.75, 3.05) is 50.6 Å². The van der Waals surface area contributed by atoms with Crippen LogP contribution in [0.2, 0.25) is 0 Å². The molecule has 0 bridgehead atoms. The lowest BCUT2D eigenvalue weighted by molar-refractivity contribution is -0.117. The van der Waals surface area contributed by atoms with Gasteiger partial charge in [-0.3, -0.25) is 9.59 Å². The molecule has 3 N–H and O–H groups in total. The Balaban J connectivity index is 0.00000288. The first kappa shape index (κ1) is 20.2. The van der Waals surface area contributed by atoms with E-state index in [0.29, 0.717) is 30.9 Å². The average Bonchev–Trinajstić information content (AvgIpc) is 2.55. The van der Waals surface area contributed by atoms with Gasteiger partial charge in [-0.1, -0.05) is 0 Å². The van der Waals surface area contributed by atoms with Crippen molar-refractivity contribution >= 4 is 35.6 Å². The van der Waals surface area contributed by atoms with E-state index >= 15 is 0 Å². The van der Waals surface area contributed by atoms with Gasteiger partial charge in [0.25, 0.3) is 5.91 Å². The number of hydrogen-bond donors (Lipinski definition) is 3. The van der Waals surface area contributed by atoms with Crippen LogP contribution in [-0.4, -0.2) is 58.3 Å². The van der Waals surface area contributed by atoms with Crippen LogP contribution in [0, 0.1) is 0 Å². The lowest BCUT2D eigenvalue weighted by Crippen LogP contribution is -2.44. The molecule has 1 atom stereocenters. The summed E-state index contributed by atoms with van der Waals surface area (Å²) in [5.41, 5.74) is 2.11. The van der Waals surface area contributed by atoms with Gasteiger partial charge in [0.2, 0.25) is 5.91 Å². The molecule has 134 valence electrons. The molecule has 0 fully saturated rings. The van der Waals surface area contributed by atoms with Crippen molar-refractivity contribution < 1.29 is 14.3 Å². The van der Waals surface area contributed by atoms with Gasteiger partial charge in [-0.2, -0.15) is 0 Å². The number of nitrogens with one attached hydrogen (secondary N) is 3. The van der Waals surface area contributed by atoms with Crippen LogP contribution in [0.5, 0.6) is 0 Å². The summed E-state index contributed by atoms with van der Waals surface area (Å²) in [7, 11) is 3.52. The van der Waals surface area contributed by atoms with Gasteiger partial charge in [0.05, 0.1) is 18.0 Å². The molecular weight excluding hydrogens is 332 g/mol. The molecule has 1 aromatic rings. The molecule has 0 saturated heterocycles. The highest BCUT2D eigenvalue weighted by Crippen LogP contribution is 2.31. The number of amides is 2. The molecule has 0 radical (unpaired) electrons. The van der Waals surface area contributed by atoms with Gasteiger partial charge >= 0.3 is 0 Å². The van der Waals surface area contributed by atoms with Gasteiger partial charge < -0.3 is 25.6 Å². The quantitative estimate of drug-likeness (QED) is 0.631. The van der Waals surface area contributed by atoms with Crippen molar-refractivity contribution in [2.45, 2.75) is 13.0 Å². The third-order valence-electron chi connectivity index (χ3n) is 3.93. The smallest absolute Gasteiger partial charge is 0.251 e. The highest BCUT2D eigenvalue weighted by Gasteiger charge is 2.27. The Bertz CT molecular complexity index is 582. The number of hydrogen-bond acceptors (Lipinski definition) is 5. The Morgan fingerprint density at radius 1 is 1.33 bits per heavy atom. The second-order valence-corrected chi connectivity index (χ2v) is 5.51. The Labute approximate surface area is 148 Å². The number of rotatable bonds is 7. The Morgan fingerprint density at radius 2 is 2.08 bits per heavy atom. The van der Waals surface area contributed by atoms with Gasteiger partial charge in [-0.05, 0) is 25.1 Å². The van der Waals surface area contributed by atoms with Crippen LogP contribution in [0.1, 0.15) is 17.3 Å². The van der Waals surface area contributed by atoms with Crippen LogP contribution in [0.25, 0.3) is 0 Å². The number of benzene rings is 1. The van der Waals surface area contributed by atoms with E-state index in [1.165, 1.54) is 0 Å². The monoisotopic (exact) mass is 356 g/mol. The highest BCUT2D eigenvalue weighted by atomic mass is 35.5. The van der Waals surface area contributed by atoms with E-state index in [2.05, 4.69) is 16.0 Å². The van der Waals surface area contributed by atoms with Gasteiger partial charge in [-0.25, -0.2) is 0 Å². The fourth-order valence-electron chi connectivity index (χ4n) is 2.37. The molecule has 0 spiro atoms. The maximum Gasteiger partial charge on any atom is 0.251 e. The topological polar surface area (TPSA) is 82.7 Å². The van der Waals surface area contributed by atoms with E-state index in [0.717, 1.165) is 12.2 Å². The number of fused-ring (bicyclic) bond motifs is 1. The molecule has 0 saturated carbocycles. The molecule has 0 aromatic heterocycles. The number of carbonyl (C=O) groups is 2. The third kappa shape index (κ3) is 4.83. The van der Waals surface area contributed by atoms with Crippen LogP contribution in [0.3, 0.4) is 0 Å². The minimum Gasteiger partial charge on any atom is -0.383 e. The summed E-state index contributed by atoms with van der Waals surface area (Å²) in [6, 6.07) is 5.12. The largest absolute Gasteiger partial charge is 0.383 e. The number of halogens is 1. The number of anilines is 2. The number of methoxy groups -OCH3 is 1. The van der Waals surface area contributed by atoms with Gasteiger partial charge in [0.1, 0.15) is 6.04 Å². The van der Waals surface area contributed by atoms with Crippen molar-refractivity contribution in [1.82, 2.24) is 10.6 Å². The van der Waals surface area contributed by atoms with Crippen LogP contribution >= 0.6 is 12.4 Å². The normalized spacial score (nSPS) is 16.0. The Kier molecular flexibility index (Phi) is 7.97. The summed E-state index contributed by atoms with van der Waals surface area (Å²) >= 11 is 0. The summed E-state index contributed by atoms with van der Waals surface area (Å²) in [4.78, 5) is 25.9. The van der Waals surface area contributed by atoms with Crippen molar-refractivity contribution in [1.29, 1.82) is 0 Å². The van der Waals surface area contributed by atoms with E-state index in [1.54, 1.807) is 19.2 Å². The SMILES string of the molecule is COCCNCCNC(=O)c1ccc2c(c1)NC(=O)C(C)N2C.Cl. The standard InChI is InChI=1S/C16H24N4O3.ClH/c1-11-15(21)19-13-10-12(4-5-14(13)20(11)2)16(22)18-7-6-17-8-9-23-3;/h4-5,10-11,17H,6-9H2,1-3H3,(H,18,22)(H,19,21);1H. The zero-order valence-electron chi connectivity index (χ0n) is 14.2. The summed E-state index contributed by atoms with van der Waals surface area (Å²) in [6.07, 6.45) is 0. The Morgan fingerprint density at radius 3 is 2.79 bits per heavy atom. The van der Waals surface area contributed by atoms with Crippen molar-refractivity contribution in [3.05, 3.63) is 23.8 Å². The molecule has 1 aromatic carbocycles. The lowest BCUT2D eigenvalue weighted by Gasteiger charge is -2.33. The predicted octanol–water partition coefficient (Wildman–Crippen LogP) is 0.851. The minimum absolute atomic E-state index is 0. The molecule has 1 aliphatic rings. The first-order valence-corrected chi connectivity index (χ1v) is 7.70. The van der Waals surface area contributed by atoms with Gasteiger partial charge in [0, 0.05) is 39.4 Å². The van der Waals surface area contributed by atoms with Crippen molar-refractivity contribution in [3.8, 4) is 0 Å². The summed E-state index contributed by atoms with van der Waals surface area (Å²) in [5, 5.41) is 8.84. The summed E-state index contributed by atoms with van der Waals surface area (Å²) in [6.45, 7) is 4.45. The lowest BCUT2D eigenvalue weighted by atomic mass is 10.1. The predicted molar refractivity (Wildman–Crippen MR) is 97.3 cm³/mol. The summed E-state index contributed by atoms with van der Waals surface area (Å²) in [5.74, 6) is -0.225. The number of carbonyl (C=O) groups excluding carboxylic acids is 2. The molecule has 1 aliphatic heterocycles. The maximum atomic E-state index is 12.2. The van der Waals surface area contributed by atoms with E-state index in [1.807, 2.05) is 24.9 Å². The second kappa shape index (κ2) is 9.46. The van der Waals surface area contributed by atoms with E-state index < -0.39 is 0 Å². The average molecular weight is 357 g/mol.